The van der Waals surface area contributed by atoms with E-state index in [1.165, 1.54) is 6.20 Å². The Morgan fingerprint density at radius 3 is 2.65 bits per heavy atom. The number of carbonyl (C=O) groups is 1. The summed E-state index contributed by atoms with van der Waals surface area (Å²) in [6.45, 7) is 3.68. The Kier molecular flexibility index (Phi) is 4.14. The third kappa shape index (κ3) is 3.42. The minimum absolute atomic E-state index is 0.248. The zero-order chi connectivity index (χ0) is 16.2. The molecule has 2 heterocycles. The third-order valence-electron chi connectivity index (χ3n) is 3.27. The molecule has 3 aromatic rings. The smallest absolute Gasteiger partial charge is 0.340 e. The van der Waals surface area contributed by atoms with Crippen molar-refractivity contribution < 1.29 is 13.9 Å². The van der Waals surface area contributed by atoms with Crippen molar-refractivity contribution in [2.45, 2.75) is 20.0 Å². The fraction of sp³-hybridized carbons (Fsp3) is 0.176. The van der Waals surface area contributed by atoms with Crippen molar-refractivity contribution in [1.29, 1.82) is 0 Å². The normalized spacial score (nSPS) is 11.9. The van der Waals surface area contributed by atoms with Crippen molar-refractivity contribution in [3.63, 3.8) is 0 Å². The first-order valence-electron chi connectivity index (χ1n) is 7.15. The van der Waals surface area contributed by atoms with Gasteiger partial charge in [0.2, 0.25) is 5.89 Å². The molecule has 116 valence electrons. The van der Waals surface area contributed by atoms with Crippen LogP contribution in [0.1, 0.15) is 34.8 Å². The second kappa shape index (κ2) is 6.39. The number of benzene rings is 1. The van der Waals surface area contributed by atoms with Crippen molar-refractivity contribution in [3.05, 3.63) is 65.8 Å². The van der Waals surface area contributed by atoms with Crippen LogP contribution >= 0.6 is 0 Å². The maximum absolute atomic E-state index is 12.0. The van der Waals surface area contributed by atoms with Gasteiger partial charge in [0.15, 0.2) is 6.10 Å². The Morgan fingerprint density at radius 1 is 1.17 bits per heavy atom. The van der Waals surface area contributed by atoms with E-state index in [2.05, 4.69) is 15.2 Å². The second-order valence-corrected chi connectivity index (χ2v) is 5.10. The Hall–Kier alpha value is -3.02. The van der Waals surface area contributed by atoms with Crippen molar-refractivity contribution in [3.8, 4) is 11.5 Å². The number of pyridine rings is 1. The average Bonchev–Trinajstić information content (AvgIpc) is 3.06. The first-order valence-corrected chi connectivity index (χ1v) is 7.15. The van der Waals surface area contributed by atoms with Gasteiger partial charge < -0.3 is 9.15 Å². The number of ether oxygens (including phenoxy) is 1. The number of esters is 1. The van der Waals surface area contributed by atoms with Crippen LogP contribution in [-0.2, 0) is 4.74 Å². The molecular weight excluding hydrogens is 294 g/mol. The summed E-state index contributed by atoms with van der Waals surface area (Å²) < 4.78 is 10.9. The van der Waals surface area contributed by atoms with E-state index in [4.69, 9.17) is 9.15 Å². The van der Waals surface area contributed by atoms with E-state index >= 15 is 0 Å². The fourth-order valence-corrected chi connectivity index (χ4v) is 1.97. The highest BCUT2D eigenvalue weighted by molar-refractivity contribution is 5.89. The van der Waals surface area contributed by atoms with Gasteiger partial charge in [0, 0.05) is 18.0 Å². The van der Waals surface area contributed by atoms with E-state index in [9.17, 15) is 4.79 Å². The quantitative estimate of drug-likeness (QED) is 0.688. The molecule has 0 aliphatic heterocycles. The van der Waals surface area contributed by atoms with Gasteiger partial charge in [-0.3, -0.25) is 4.98 Å². The molecule has 0 radical (unpaired) electrons. The van der Waals surface area contributed by atoms with Crippen LogP contribution in [0, 0.1) is 6.92 Å². The van der Waals surface area contributed by atoms with E-state index in [1.54, 1.807) is 25.3 Å². The molecule has 0 aliphatic rings. The van der Waals surface area contributed by atoms with Gasteiger partial charge in [0.25, 0.3) is 5.89 Å². The number of nitrogens with zero attached hydrogens (tertiary/aromatic N) is 3. The number of aryl methyl sites for hydroxylation is 1. The Labute approximate surface area is 133 Å². The molecule has 0 saturated heterocycles. The molecule has 0 fully saturated rings. The Morgan fingerprint density at radius 2 is 1.96 bits per heavy atom. The monoisotopic (exact) mass is 309 g/mol. The third-order valence-corrected chi connectivity index (χ3v) is 3.27. The minimum Gasteiger partial charge on any atom is -0.449 e. The van der Waals surface area contributed by atoms with Crippen LogP contribution < -0.4 is 0 Å². The van der Waals surface area contributed by atoms with Gasteiger partial charge in [-0.2, -0.15) is 0 Å². The Balaban J connectivity index is 1.72. The number of aromatic nitrogens is 3. The van der Waals surface area contributed by atoms with Gasteiger partial charge in [-0.1, -0.05) is 17.7 Å². The van der Waals surface area contributed by atoms with E-state index in [-0.39, 0.29) is 5.89 Å². The van der Waals surface area contributed by atoms with Crippen molar-refractivity contribution in [1.82, 2.24) is 15.2 Å². The van der Waals surface area contributed by atoms with Gasteiger partial charge in [-0.25, -0.2) is 4.79 Å². The molecule has 0 saturated carbocycles. The lowest BCUT2D eigenvalue weighted by Crippen LogP contribution is -2.09. The van der Waals surface area contributed by atoms with Crippen molar-refractivity contribution in [2.75, 3.05) is 0 Å². The lowest BCUT2D eigenvalue weighted by Gasteiger charge is -2.08. The molecule has 0 bridgehead atoms. The highest BCUT2D eigenvalue weighted by Gasteiger charge is 2.20. The molecule has 0 unspecified atom stereocenters. The SMILES string of the molecule is Cc1ccc(-c2nnc([C@@H](C)OC(=O)c3cccnc3)o2)cc1. The van der Waals surface area contributed by atoms with Crippen LogP contribution in [-0.4, -0.2) is 21.2 Å². The van der Waals surface area contributed by atoms with Crippen LogP contribution in [0.5, 0.6) is 0 Å². The van der Waals surface area contributed by atoms with Gasteiger partial charge in [0.05, 0.1) is 5.56 Å². The topological polar surface area (TPSA) is 78.1 Å². The standard InChI is InChI=1S/C17H15N3O3/c1-11-5-7-13(8-6-11)16-20-19-15(23-16)12(2)22-17(21)14-4-3-9-18-10-14/h3-10,12H,1-2H3/t12-/m1/s1. The molecule has 6 nitrogen and oxygen atoms in total. The average molecular weight is 309 g/mol. The van der Waals surface area contributed by atoms with Gasteiger partial charge >= 0.3 is 5.97 Å². The molecule has 0 aliphatic carbocycles. The molecule has 1 aromatic carbocycles. The summed E-state index contributed by atoms with van der Waals surface area (Å²) >= 11 is 0. The van der Waals surface area contributed by atoms with Crippen LogP contribution in [0.4, 0.5) is 0 Å². The molecular formula is C17H15N3O3. The van der Waals surface area contributed by atoms with Crippen LogP contribution in [0.15, 0.2) is 53.2 Å². The predicted octanol–water partition coefficient (Wildman–Crippen LogP) is 3.36. The predicted molar refractivity (Wildman–Crippen MR) is 82.5 cm³/mol. The fourth-order valence-electron chi connectivity index (χ4n) is 1.97. The Bertz CT molecular complexity index is 797. The largest absolute Gasteiger partial charge is 0.449 e. The number of carbonyl (C=O) groups excluding carboxylic acids is 1. The first-order chi connectivity index (χ1) is 11.1. The number of rotatable bonds is 4. The molecule has 3 rings (SSSR count). The summed E-state index contributed by atoms with van der Waals surface area (Å²) in [5, 5.41) is 7.95. The summed E-state index contributed by atoms with van der Waals surface area (Å²) in [6.07, 6.45) is 2.39. The highest BCUT2D eigenvalue weighted by Crippen LogP contribution is 2.23. The van der Waals surface area contributed by atoms with Crippen molar-refractivity contribution in [2.24, 2.45) is 0 Å². The summed E-state index contributed by atoms with van der Waals surface area (Å²) in [5.41, 5.74) is 2.34. The number of hydrogen-bond donors (Lipinski definition) is 0. The molecule has 0 amide bonds. The van der Waals surface area contributed by atoms with Gasteiger partial charge in [-0.05, 0) is 38.1 Å². The zero-order valence-corrected chi connectivity index (χ0v) is 12.8. The molecule has 6 heteroatoms. The van der Waals surface area contributed by atoms with Gasteiger partial charge in [-0.15, -0.1) is 10.2 Å². The second-order valence-electron chi connectivity index (χ2n) is 5.10. The zero-order valence-electron chi connectivity index (χ0n) is 12.8. The highest BCUT2D eigenvalue weighted by atomic mass is 16.6. The van der Waals surface area contributed by atoms with E-state index in [1.807, 2.05) is 31.2 Å². The summed E-state index contributed by atoms with van der Waals surface area (Å²) in [4.78, 5) is 15.9. The van der Waals surface area contributed by atoms with E-state index < -0.39 is 12.1 Å². The maximum Gasteiger partial charge on any atom is 0.340 e. The van der Waals surface area contributed by atoms with Crippen LogP contribution in [0.25, 0.3) is 11.5 Å². The maximum atomic E-state index is 12.0. The van der Waals surface area contributed by atoms with E-state index in [0.29, 0.717) is 11.5 Å². The minimum atomic E-state index is -0.644. The number of hydrogen-bond acceptors (Lipinski definition) is 6. The molecule has 0 spiro atoms. The van der Waals surface area contributed by atoms with E-state index in [0.717, 1.165) is 11.1 Å². The molecule has 23 heavy (non-hydrogen) atoms. The van der Waals surface area contributed by atoms with Crippen molar-refractivity contribution >= 4 is 5.97 Å². The summed E-state index contributed by atoms with van der Waals surface area (Å²) in [7, 11) is 0. The summed E-state index contributed by atoms with van der Waals surface area (Å²) in [6, 6.07) is 11.0. The lowest BCUT2D eigenvalue weighted by atomic mass is 10.1. The molecule has 0 N–H and O–H groups in total. The lowest BCUT2D eigenvalue weighted by molar-refractivity contribution is 0.0279. The molecule has 1 atom stereocenters. The molecule has 2 aromatic heterocycles. The van der Waals surface area contributed by atoms with Crippen LogP contribution in [0.3, 0.4) is 0 Å². The van der Waals surface area contributed by atoms with Crippen LogP contribution in [0.2, 0.25) is 0 Å². The first kappa shape index (κ1) is 14.9. The van der Waals surface area contributed by atoms with Gasteiger partial charge in [0.1, 0.15) is 0 Å². The summed E-state index contributed by atoms with van der Waals surface area (Å²) in [5.74, 6) is 0.155.